The van der Waals surface area contributed by atoms with Gasteiger partial charge in [0.2, 0.25) is 0 Å². The number of hydrogen-bond acceptors (Lipinski definition) is 5. The average Bonchev–Trinajstić information content (AvgIpc) is 2.71. The summed E-state index contributed by atoms with van der Waals surface area (Å²) in [4.78, 5) is 22.6. The molecule has 0 amide bonds. The van der Waals surface area contributed by atoms with E-state index in [1.807, 2.05) is 0 Å². The molecule has 0 saturated heterocycles. The number of carboxylic acids is 1. The van der Waals surface area contributed by atoms with E-state index in [0.29, 0.717) is 12.3 Å². The fourth-order valence-corrected chi connectivity index (χ4v) is 4.22. The van der Waals surface area contributed by atoms with Gasteiger partial charge in [-0.2, -0.15) is 0 Å². The van der Waals surface area contributed by atoms with E-state index >= 15 is 0 Å². The van der Waals surface area contributed by atoms with Crippen LogP contribution in [-0.2, 0) is 9.59 Å². The maximum absolute atomic E-state index is 11.9. The molecule has 6 heteroatoms. The minimum Gasteiger partial charge on any atom is -0.479 e. The van der Waals surface area contributed by atoms with E-state index in [-0.39, 0.29) is 6.42 Å². The number of rotatable bonds is 20. The van der Waals surface area contributed by atoms with Gasteiger partial charge >= 0.3 is 5.97 Å². The van der Waals surface area contributed by atoms with E-state index in [2.05, 4.69) is 34.6 Å². The molecular formula is C26H50O6. The van der Waals surface area contributed by atoms with Gasteiger partial charge in [0.25, 0.3) is 0 Å². The van der Waals surface area contributed by atoms with Crippen LogP contribution in [0.5, 0.6) is 0 Å². The lowest BCUT2D eigenvalue weighted by Gasteiger charge is -2.19. The van der Waals surface area contributed by atoms with Gasteiger partial charge in [-0.05, 0) is 30.1 Å². The molecule has 0 aromatic carbocycles. The molecule has 0 saturated carbocycles. The summed E-state index contributed by atoms with van der Waals surface area (Å²) in [6.45, 7) is 11.5. The van der Waals surface area contributed by atoms with Crippen LogP contribution in [0.15, 0.2) is 0 Å². The fraction of sp³-hybridized carbons (Fsp3) is 0.923. The SMILES string of the molecule is CC(C)CCCC(C)CCCC(C)CCCC(C)CCCC(=O)C(O)[C@H](O)[C@H](O)C(=O)O. The van der Waals surface area contributed by atoms with E-state index in [1.165, 1.54) is 51.4 Å². The summed E-state index contributed by atoms with van der Waals surface area (Å²) in [7, 11) is 0. The third kappa shape index (κ3) is 15.0. The molecule has 0 aliphatic rings. The first-order valence-electron chi connectivity index (χ1n) is 12.7. The lowest BCUT2D eigenvalue weighted by molar-refractivity contribution is -0.160. The minimum absolute atomic E-state index is 0.0701. The zero-order chi connectivity index (χ0) is 24.7. The Hall–Kier alpha value is -0.980. The van der Waals surface area contributed by atoms with Crippen molar-refractivity contribution >= 4 is 11.8 Å². The lowest BCUT2D eigenvalue weighted by Crippen LogP contribution is -2.45. The summed E-state index contributed by atoms with van der Waals surface area (Å²) in [5.74, 6) is 0.560. The van der Waals surface area contributed by atoms with E-state index in [0.717, 1.165) is 30.6 Å². The smallest absolute Gasteiger partial charge is 0.335 e. The number of carbonyl (C=O) groups excluding carboxylic acids is 1. The van der Waals surface area contributed by atoms with Gasteiger partial charge in [-0.3, -0.25) is 4.79 Å². The maximum Gasteiger partial charge on any atom is 0.335 e. The number of aliphatic hydroxyl groups excluding tert-OH is 3. The summed E-state index contributed by atoms with van der Waals surface area (Å²) in [5, 5.41) is 37.2. The zero-order valence-corrected chi connectivity index (χ0v) is 21.1. The van der Waals surface area contributed by atoms with Crippen LogP contribution in [0.1, 0.15) is 112 Å². The second-order valence-corrected chi connectivity index (χ2v) is 10.6. The summed E-state index contributed by atoms with van der Waals surface area (Å²) in [6.07, 6.45) is 6.94. The molecule has 190 valence electrons. The Balaban J connectivity index is 3.86. The van der Waals surface area contributed by atoms with Crippen LogP contribution in [0.25, 0.3) is 0 Å². The van der Waals surface area contributed by atoms with Crippen LogP contribution < -0.4 is 0 Å². The standard InChI is InChI=1S/C26H50O6/c1-18(2)10-6-11-19(3)12-7-13-20(4)14-8-15-21(5)16-9-17-22(27)23(28)24(29)25(30)26(31)32/h18-21,23-25,28-30H,6-17H2,1-5H3,(H,31,32)/t19?,20?,21?,23?,24-,25-/m0/s1. The number of ketones is 1. The molecule has 0 aliphatic heterocycles. The van der Waals surface area contributed by atoms with Gasteiger partial charge in [0.1, 0.15) is 12.2 Å². The molecule has 0 aromatic rings. The molecule has 0 heterocycles. The molecular weight excluding hydrogens is 408 g/mol. The first-order valence-corrected chi connectivity index (χ1v) is 12.7. The van der Waals surface area contributed by atoms with Crippen LogP contribution in [0.2, 0.25) is 0 Å². The average molecular weight is 459 g/mol. The fourth-order valence-electron chi connectivity index (χ4n) is 4.22. The third-order valence-corrected chi connectivity index (χ3v) is 6.62. The topological polar surface area (TPSA) is 115 Å². The summed E-state index contributed by atoms with van der Waals surface area (Å²) >= 11 is 0. The van der Waals surface area contributed by atoms with E-state index in [9.17, 15) is 24.9 Å². The predicted octanol–water partition coefficient (Wildman–Crippen LogP) is 4.97. The normalized spacial score (nSPS) is 17.5. The molecule has 0 aromatic heterocycles. The summed E-state index contributed by atoms with van der Waals surface area (Å²) in [6, 6.07) is 0. The molecule has 0 aliphatic carbocycles. The van der Waals surface area contributed by atoms with E-state index in [4.69, 9.17) is 5.11 Å². The molecule has 0 fully saturated rings. The van der Waals surface area contributed by atoms with Crippen LogP contribution in [0.4, 0.5) is 0 Å². The molecule has 4 unspecified atom stereocenters. The minimum atomic E-state index is -2.16. The van der Waals surface area contributed by atoms with Crippen LogP contribution in [-0.4, -0.2) is 50.5 Å². The highest BCUT2D eigenvalue weighted by Crippen LogP contribution is 2.23. The molecule has 32 heavy (non-hydrogen) atoms. The highest BCUT2D eigenvalue weighted by Gasteiger charge is 2.33. The Bertz CT molecular complexity index is 507. The first kappa shape index (κ1) is 31.0. The highest BCUT2D eigenvalue weighted by atomic mass is 16.4. The monoisotopic (exact) mass is 458 g/mol. The van der Waals surface area contributed by atoms with Crippen molar-refractivity contribution in [1.29, 1.82) is 0 Å². The van der Waals surface area contributed by atoms with Gasteiger partial charge in [0.15, 0.2) is 11.9 Å². The number of hydrogen-bond donors (Lipinski definition) is 4. The highest BCUT2D eigenvalue weighted by molar-refractivity contribution is 5.84. The Morgan fingerprint density at radius 3 is 1.34 bits per heavy atom. The van der Waals surface area contributed by atoms with Crippen molar-refractivity contribution in [3.8, 4) is 0 Å². The number of carboxylic acid groups (broad SMARTS) is 1. The van der Waals surface area contributed by atoms with Gasteiger partial charge in [-0.15, -0.1) is 0 Å². The van der Waals surface area contributed by atoms with Crippen molar-refractivity contribution in [2.24, 2.45) is 23.7 Å². The third-order valence-electron chi connectivity index (χ3n) is 6.62. The second-order valence-electron chi connectivity index (χ2n) is 10.6. The number of aliphatic carboxylic acids is 1. The summed E-state index contributed by atoms with van der Waals surface area (Å²) in [5.41, 5.74) is 0. The van der Waals surface area contributed by atoms with Crippen molar-refractivity contribution in [1.82, 2.24) is 0 Å². The van der Waals surface area contributed by atoms with E-state index in [1.54, 1.807) is 0 Å². The van der Waals surface area contributed by atoms with Gasteiger partial charge in [0, 0.05) is 6.42 Å². The Morgan fingerprint density at radius 1 is 0.594 bits per heavy atom. The number of aliphatic hydroxyl groups is 3. The second kappa shape index (κ2) is 17.5. The number of Topliss-reactive ketones (excluding diaryl/α,β-unsaturated/α-hetero) is 1. The van der Waals surface area contributed by atoms with Gasteiger partial charge in [-0.25, -0.2) is 4.79 Å². The Labute approximate surface area is 195 Å². The number of carbonyl (C=O) groups is 2. The molecule has 6 atom stereocenters. The lowest BCUT2D eigenvalue weighted by atomic mass is 9.90. The van der Waals surface area contributed by atoms with Crippen molar-refractivity contribution in [2.45, 2.75) is 130 Å². The zero-order valence-electron chi connectivity index (χ0n) is 21.1. The Kier molecular flexibility index (Phi) is 17.0. The Morgan fingerprint density at radius 2 is 0.969 bits per heavy atom. The predicted molar refractivity (Wildman–Crippen MR) is 128 cm³/mol. The quantitative estimate of drug-likeness (QED) is 0.205. The molecule has 0 radical (unpaired) electrons. The van der Waals surface area contributed by atoms with Crippen LogP contribution in [0.3, 0.4) is 0 Å². The summed E-state index contributed by atoms with van der Waals surface area (Å²) < 4.78 is 0. The van der Waals surface area contributed by atoms with Crippen molar-refractivity contribution in [3.05, 3.63) is 0 Å². The molecule has 0 spiro atoms. The van der Waals surface area contributed by atoms with Gasteiger partial charge < -0.3 is 20.4 Å². The van der Waals surface area contributed by atoms with E-state index < -0.39 is 30.1 Å². The molecule has 6 nitrogen and oxygen atoms in total. The van der Waals surface area contributed by atoms with Crippen molar-refractivity contribution in [2.75, 3.05) is 0 Å². The molecule has 0 bridgehead atoms. The maximum atomic E-state index is 11.9. The molecule has 0 rings (SSSR count). The van der Waals surface area contributed by atoms with Crippen molar-refractivity contribution < 1.29 is 30.0 Å². The van der Waals surface area contributed by atoms with Gasteiger partial charge in [0.05, 0.1) is 0 Å². The van der Waals surface area contributed by atoms with Crippen LogP contribution >= 0.6 is 0 Å². The van der Waals surface area contributed by atoms with Crippen molar-refractivity contribution in [3.63, 3.8) is 0 Å². The first-order chi connectivity index (χ1) is 15.0. The van der Waals surface area contributed by atoms with Gasteiger partial charge in [-0.1, -0.05) is 98.8 Å². The largest absolute Gasteiger partial charge is 0.479 e. The molecule has 4 N–H and O–H groups in total. The van der Waals surface area contributed by atoms with Crippen LogP contribution in [0, 0.1) is 23.7 Å².